The Bertz CT molecular complexity index is 973. The molecular weight excluding hydrogens is 338 g/mol. The molecule has 4 rings (SSSR count). The number of benzene rings is 1. The summed E-state index contributed by atoms with van der Waals surface area (Å²) in [5.41, 5.74) is 1.49. The van der Waals surface area contributed by atoms with Gasteiger partial charge in [0, 0.05) is 13.1 Å². The Morgan fingerprint density at radius 2 is 1.88 bits per heavy atom. The molecule has 2 aromatic heterocycles. The summed E-state index contributed by atoms with van der Waals surface area (Å²) >= 11 is 0. The number of amides is 1. The second-order valence-corrected chi connectivity index (χ2v) is 5.84. The Morgan fingerprint density at radius 1 is 1.15 bits per heavy atom. The lowest BCUT2D eigenvalue weighted by Gasteiger charge is -2.26. The molecule has 0 radical (unpaired) electrons. The van der Waals surface area contributed by atoms with Crippen LogP contribution in [-0.4, -0.2) is 46.7 Å². The van der Waals surface area contributed by atoms with Gasteiger partial charge in [-0.3, -0.25) is 9.36 Å². The summed E-state index contributed by atoms with van der Waals surface area (Å²) in [6, 6.07) is 6.96. The van der Waals surface area contributed by atoms with Crippen molar-refractivity contribution in [3.63, 3.8) is 0 Å². The molecule has 1 aliphatic rings. The van der Waals surface area contributed by atoms with E-state index in [1.165, 1.54) is 4.57 Å². The zero-order chi connectivity index (χ0) is 17.9. The van der Waals surface area contributed by atoms with Crippen LogP contribution < -0.4 is 16.0 Å². The van der Waals surface area contributed by atoms with E-state index in [1.807, 2.05) is 4.90 Å². The SMILES string of the molecule is O=C(Cn1c(=O)oc2ccccc21)Nc1cnc(N2CCOCC2)nc1. The first-order chi connectivity index (χ1) is 12.7. The number of nitrogens with zero attached hydrogens (tertiary/aromatic N) is 4. The van der Waals surface area contributed by atoms with Crippen LogP contribution in [0.25, 0.3) is 11.1 Å². The number of morpholine rings is 1. The van der Waals surface area contributed by atoms with E-state index in [0.717, 1.165) is 13.1 Å². The highest BCUT2D eigenvalue weighted by molar-refractivity contribution is 5.91. The molecule has 1 fully saturated rings. The lowest BCUT2D eigenvalue weighted by atomic mass is 10.3. The minimum atomic E-state index is -0.569. The maximum absolute atomic E-state index is 12.3. The molecule has 3 aromatic rings. The number of carbonyl (C=O) groups excluding carboxylic acids is 1. The van der Waals surface area contributed by atoms with Crippen LogP contribution in [0, 0.1) is 0 Å². The van der Waals surface area contributed by atoms with Crippen molar-refractivity contribution < 1.29 is 13.9 Å². The van der Waals surface area contributed by atoms with Gasteiger partial charge in [0.15, 0.2) is 5.58 Å². The fourth-order valence-electron chi connectivity index (χ4n) is 2.82. The number of carbonyl (C=O) groups is 1. The number of hydrogen-bond acceptors (Lipinski definition) is 7. The van der Waals surface area contributed by atoms with Gasteiger partial charge in [-0.2, -0.15) is 0 Å². The minimum absolute atomic E-state index is 0.152. The summed E-state index contributed by atoms with van der Waals surface area (Å²) in [5, 5.41) is 2.69. The van der Waals surface area contributed by atoms with Crippen LogP contribution in [0.1, 0.15) is 0 Å². The lowest BCUT2D eigenvalue weighted by Crippen LogP contribution is -2.37. The number of anilines is 2. The molecule has 1 saturated heterocycles. The van der Waals surface area contributed by atoms with E-state index in [4.69, 9.17) is 9.15 Å². The average molecular weight is 355 g/mol. The van der Waals surface area contributed by atoms with Gasteiger partial charge in [0.05, 0.1) is 36.8 Å². The van der Waals surface area contributed by atoms with Crippen molar-refractivity contribution >= 4 is 28.6 Å². The van der Waals surface area contributed by atoms with E-state index in [0.29, 0.717) is 35.9 Å². The maximum Gasteiger partial charge on any atom is 0.420 e. The summed E-state index contributed by atoms with van der Waals surface area (Å²) in [4.78, 5) is 34.8. The van der Waals surface area contributed by atoms with Gasteiger partial charge in [0.1, 0.15) is 6.54 Å². The van der Waals surface area contributed by atoms with Gasteiger partial charge in [0.25, 0.3) is 0 Å². The van der Waals surface area contributed by atoms with E-state index in [9.17, 15) is 9.59 Å². The first-order valence-corrected chi connectivity index (χ1v) is 8.24. The Morgan fingerprint density at radius 3 is 2.65 bits per heavy atom. The van der Waals surface area contributed by atoms with Crippen molar-refractivity contribution in [2.24, 2.45) is 0 Å². The maximum atomic E-state index is 12.3. The fourth-order valence-corrected chi connectivity index (χ4v) is 2.82. The largest absolute Gasteiger partial charge is 0.420 e. The van der Waals surface area contributed by atoms with E-state index in [-0.39, 0.29) is 12.5 Å². The van der Waals surface area contributed by atoms with E-state index < -0.39 is 5.76 Å². The number of ether oxygens (including phenoxy) is 1. The van der Waals surface area contributed by atoms with Crippen LogP contribution in [0.2, 0.25) is 0 Å². The molecule has 0 bridgehead atoms. The predicted octanol–water partition coefficient (Wildman–Crippen LogP) is 0.860. The van der Waals surface area contributed by atoms with Crippen molar-refractivity contribution in [2.75, 3.05) is 36.5 Å². The molecule has 3 heterocycles. The summed E-state index contributed by atoms with van der Waals surface area (Å²) in [7, 11) is 0. The van der Waals surface area contributed by atoms with Crippen LogP contribution in [-0.2, 0) is 16.1 Å². The van der Waals surface area contributed by atoms with Gasteiger partial charge in [0.2, 0.25) is 11.9 Å². The van der Waals surface area contributed by atoms with Crippen LogP contribution in [0.3, 0.4) is 0 Å². The predicted molar refractivity (Wildman–Crippen MR) is 94.2 cm³/mol. The highest BCUT2D eigenvalue weighted by Crippen LogP contribution is 2.13. The second-order valence-electron chi connectivity index (χ2n) is 5.84. The van der Waals surface area contributed by atoms with Crippen LogP contribution in [0.15, 0.2) is 45.9 Å². The Labute approximate surface area is 148 Å². The molecule has 134 valence electrons. The van der Waals surface area contributed by atoms with Crippen molar-refractivity contribution in [3.05, 3.63) is 47.2 Å². The molecule has 1 N–H and O–H groups in total. The van der Waals surface area contributed by atoms with Crippen LogP contribution in [0.5, 0.6) is 0 Å². The fraction of sp³-hybridized carbons (Fsp3) is 0.294. The second kappa shape index (κ2) is 6.96. The van der Waals surface area contributed by atoms with Gasteiger partial charge in [-0.25, -0.2) is 14.8 Å². The Hall–Kier alpha value is -3.20. The third-order valence-electron chi connectivity index (χ3n) is 4.09. The standard InChI is InChI=1S/C17H17N5O4/c23-15(11-22-13-3-1-2-4-14(13)26-17(22)24)20-12-9-18-16(19-10-12)21-5-7-25-8-6-21/h1-4,9-10H,5-8,11H2,(H,20,23). The van der Waals surface area contributed by atoms with Gasteiger partial charge >= 0.3 is 5.76 Å². The normalized spacial score (nSPS) is 14.5. The van der Waals surface area contributed by atoms with Crippen molar-refractivity contribution in [1.29, 1.82) is 0 Å². The number of para-hydroxylation sites is 2. The van der Waals surface area contributed by atoms with Crippen LogP contribution in [0.4, 0.5) is 11.6 Å². The molecule has 26 heavy (non-hydrogen) atoms. The highest BCUT2D eigenvalue weighted by atomic mass is 16.5. The summed E-state index contributed by atoms with van der Waals surface area (Å²) < 4.78 is 11.7. The third-order valence-corrected chi connectivity index (χ3v) is 4.09. The molecule has 0 spiro atoms. The smallest absolute Gasteiger partial charge is 0.408 e. The number of rotatable bonds is 4. The number of nitrogens with one attached hydrogen (secondary N) is 1. The molecule has 0 aliphatic carbocycles. The van der Waals surface area contributed by atoms with Crippen molar-refractivity contribution in [2.45, 2.75) is 6.54 Å². The van der Waals surface area contributed by atoms with Crippen LogP contribution >= 0.6 is 0 Å². The molecular formula is C17H17N5O4. The number of aromatic nitrogens is 3. The lowest BCUT2D eigenvalue weighted by molar-refractivity contribution is -0.116. The number of hydrogen-bond donors (Lipinski definition) is 1. The quantitative estimate of drug-likeness (QED) is 0.740. The number of oxazole rings is 1. The van der Waals surface area contributed by atoms with E-state index in [1.54, 1.807) is 36.7 Å². The molecule has 9 nitrogen and oxygen atoms in total. The Kier molecular flexibility index (Phi) is 4.36. The third kappa shape index (κ3) is 3.29. The molecule has 9 heteroatoms. The van der Waals surface area contributed by atoms with Gasteiger partial charge in [-0.05, 0) is 12.1 Å². The topological polar surface area (TPSA) is 102 Å². The zero-order valence-electron chi connectivity index (χ0n) is 13.9. The molecule has 1 amide bonds. The average Bonchev–Trinajstić information content (AvgIpc) is 2.98. The summed E-state index contributed by atoms with van der Waals surface area (Å²) in [5.74, 6) is -0.329. The number of fused-ring (bicyclic) bond motifs is 1. The van der Waals surface area contributed by atoms with Crippen molar-refractivity contribution in [3.8, 4) is 0 Å². The molecule has 1 aromatic carbocycles. The van der Waals surface area contributed by atoms with E-state index in [2.05, 4.69) is 15.3 Å². The molecule has 1 aliphatic heterocycles. The minimum Gasteiger partial charge on any atom is -0.408 e. The summed E-state index contributed by atoms with van der Waals surface area (Å²) in [6.45, 7) is 2.62. The monoisotopic (exact) mass is 355 g/mol. The highest BCUT2D eigenvalue weighted by Gasteiger charge is 2.15. The van der Waals surface area contributed by atoms with Gasteiger partial charge in [-0.15, -0.1) is 0 Å². The van der Waals surface area contributed by atoms with Crippen molar-refractivity contribution in [1.82, 2.24) is 14.5 Å². The first kappa shape index (κ1) is 16.3. The van der Waals surface area contributed by atoms with E-state index >= 15 is 0 Å². The molecule has 0 unspecified atom stereocenters. The molecule has 0 saturated carbocycles. The summed E-state index contributed by atoms with van der Waals surface area (Å²) in [6.07, 6.45) is 3.10. The van der Waals surface area contributed by atoms with Gasteiger partial charge in [-0.1, -0.05) is 12.1 Å². The van der Waals surface area contributed by atoms with Gasteiger partial charge < -0.3 is 19.4 Å². The molecule has 0 atom stereocenters. The Balaban J connectivity index is 1.44. The first-order valence-electron chi connectivity index (χ1n) is 8.24. The zero-order valence-corrected chi connectivity index (χ0v) is 13.9.